The van der Waals surface area contributed by atoms with E-state index in [0.29, 0.717) is 0 Å². The minimum atomic E-state index is -1.23. The van der Waals surface area contributed by atoms with Gasteiger partial charge in [-0.25, -0.2) is 4.79 Å². The molecule has 0 aromatic heterocycles. The van der Waals surface area contributed by atoms with E-state index < -0.39 is 12.1 Å². The number of hydrogen-bond donors (Lipinski definition) is 2. The van der Waals surface area contributed by atoms with Gasteiger partial charge in [0.2, 0.25) is 0 Å². The third kappa shape index (κ3) is 12.7. The Morgan fingerprint density at radius 3 is 1.93 bits per heavy atom. The smallest absolute Gasteiger partial charge is 0.481 e. The first kappa shape index (κ1) is 13.7. The quantitative estimate of drug-likeness (QED) is 0.459. The summed E-state index contributed by atoms with van der Waals surface area (Å²) >= 11 is 0. The lowest BCUT2D eigenvalue weighted by Crippen LogP contribution is -2.01. The van der Waals surface area contributed by atoms with Crippen LogP contribution in [0.15, 0.2) is 0 Å². The van der Waals surface area contributed by atoms with E-state index in [-0.39, 0.29) is 13.0 Å². The molecule has 0 bridgehead atoms. The molecule has 0 aliphatic rings. The first-order valence-electron chi connectivity index (χ1n) is 5.20. The summed E-state index contributed by atoms with van der Waals surface area (Å²) in [7, 11) is 0. The summed E-state index contributed by atoms with van der Waals surface area (Å²) in [5.74, 6) is -0.746. The van der Waals surface area contributed by atoms with Crippen LogP contribution >= 0.6 is 0 Å². The van der Waals surface area contributed by atoms with E-state index in [9.17, 15) is 9.59 Å². The molecule has 5 nitrogen and oxygen atoms in total. The molecule has 0 aliphatic carbocycles. The number of aliphatic carboxylic acids is 1. The van der Waals surface area contributed by atoms with Gasteiger partial charge in [0.15, 0.2) is 0 Å². The lowest BCUT2D eigenvalue weighted by molar-refractivity contribution is -0.137. The molecule has 0 amide bonds. The Balaban J connectivity index is 2.99. The van der Waals surface area contributed by atoms with Crippen molar-refractivity contribution in [1.82, 2.24) is 0 Å². The Morgan fingerprint density at radius 1 is 0.867 bits per heavy atom. The molecule has 88 valence electrons. The summed E-state index contributed by atoms with van der Waals surface area (Å²) in [6.45, 7) is 0.254. The molecule has 0 spiro atoms. The molecule has 0 fully saturated rings. The van der Waals surface area contributed by atoms with E-state index >= 15 is 0 Å². The third-order valence-corrected chi connectivity index (χ3v) is 2.01. The Bertz CT molecular complexity index is 170. The molecule has 0 heterocycles. The Hall–Kier alpha value is -1.26. The van der Waals surface area contributed by atoms with E-state index in [1.165, 1.54) is 0 Å². The maximum Gasteiger partial charge on any atom is 0.505 e. The maximum absolute atomic E-state index is 10.2. The van der Waals surface area contributed by atoms with Crippen LogP contribution < -0.4 is 0 Å². The molecular weight excluding hydrogens is 200 g/mol. The van der Waals surface area contributed by atoms with Crippen molar-refractivity contribution in [3.05, 3.63) is 0 Å². The van der Waals surface area contributed by atoms with Crippen LogP contribution in [0, 0.1) is 0 Å². The predicted molar refractivity (Wildman–Crippen MR) is 53.9 cm³/mol. The van der Waals surface area contributed by atoms with Crippen molar-refractivity contribution in [1.29, 1.82) is 0 Å². The molecule has 0 rings (SSSR count). The van der Waals surface area contributed by atoms with Gasteiger partial charge >= 0.3 is 12.1 Å². The summed E-state index contributed by atoms with van der Waals surface area (Å²) in [6, 6.07) is 0. The molecule has 0 atom stereocenters. The molecule has 0 saturated carbocycles. The lowest BCUT2D eigenvalue weighted by atomic mass is 10.1. The zero-order chi connectivity index (χ0) is 11.5. The fourth-order valence-corrected chi connectivity index (χ4v) is 1.24. The summed E-state index contributed by atoms with van der Waals surface area (Å²) in [5.41, 5.74) is 0. The molecule has 2 N–H and O–H groups in total. The number of carboxylic acid groups (broad SMARTS) is 2. The second-order valence-electron chi connectivity index (χ2n) is 3.38. The van der Waals surface area contributed by atoms with Gasteiger partial charge in [0.1, 0.15) is 0 Å². The highest BCUT2D eigenvalue weighted by atomic mass is 16.7. The highest BCUT2D eigenvalue weighted by molar-refractivity contribution is 5.66. The van der Waals surface area contributed by atoms with E-state index in [2.05, 4.69) is 4.74 Å². The largest absolute Gasteiger partial charge is 0.505 e. The Kier molecular flexibility index (Phi) is 8.52. The van der Waals surface area contributed by atoms with Crippen LogP contribution in [0.25, 0.3) is 0 Å². The van der Waals surface area contributed by atoms with Gasteiger partial charge in [-0.1, -0.05) is 25.7 Å². The highest BCUT2D eigenvalue weighted by Crippen LogP contribution is 2.07. The second kappa shape index (κ2) is 9.30. The maximum atomic E-state index is 10.2. The number of rotatable bonds is 9. The van der Waals surface area contributed by atoms with Crippen LogP contribution in [0.2, 0.25) is 0 Å². The van der Waals surface area contributed by atoms with Crippen LogP contribution in [0.5, 0.6) is 0 Å². The first-order chi connectivity index (χ1) is 7.13. The topological polar surface area (TPSA) is 83.8 Å². The Morgan fingerprint density at radius 2 is 1.40 bits per heavy atom. The normalized spacial score (nSPS) is 9.87. The zero-order valence-corrected chi connectivity index (χ0v) is 8.78. The van der Waals surface area contributed by atoms with Crippen LogP contribution in [0.4, 0.5) is 4.79 Å². The van der Waals surface area contributed by atoms with Crippen molar-refractivity contribution in [3.63, 3.8) is 0 Å². The Labute approximate surface area is 89.0 Å². The number of carboxylic acids is 1. The van der Waals surface area contributed by atoms with Gasteiger partial charge in [-0.15, -0.1) is 0 Å². The standard InChI is InChI=1S/C10H18O5/c11-9(12)7-5-3-1-2-4-6-8-15-10(13)14/h1-8H2,(H,11,12)(H,13,14). The second-order valence-corrected chi connectivity index (χ2v) is 3.38. The first-order valence-corrected chi connectivity index (χ1v) is 5.20. The van der Waals surface area contributed by atoms with Crippen LogP contribution in [0.1, 0.15) is 44.9 Å². The third-order valence-electron chi connectivity index (χ3n) is 2.01. The molecule has 15 heavy (non-hydrogen) atoms. The van der Waals surface area contributed by atoms with E-state index in [4.69, 9.17) is 10.2 Å². The SMILES string of the molecule is O=C(O)CCCCCCCCOC(=O)O. The highest BCUT2D eigenvalue weighted by Gasteiger charge is 1.97. The van der Waals surface area contributed by atoms with Crippen molar-refractivity contribution >= 4 is 12.1 Å². The number of hydrogen-bond acceptors (Lipinski definition) is 3. The minimum Gasteiger partial charge on any atom is -0.481 e. The van der Waals surface area contributed by atoms with Crippen molar-refractivity contribution in [3.8, 4) is 0 Å². The fourth-order valence-electron chi connectivity index (χ4n) is 1.24. The average molecular weight is 218 g/mol. The number of ether oxygens (including phenoxy) is 1. The van der Waals surface area contributed by atoms with Crippen LogP contribution in [-0.2, 0) is 9.53 Å². The molecule has 0 radical (unpaired) electrons. The van der Waals surface area contributed by atoms with Gasteiger partial charge in [0.05, 0.1) is 6.61 Å². The van der Waals surface area contributed by atoms with Crippen LogP contribution in [0.3, 0.4) is 0 Å². The molecular formula is C10H18O5. The molecule has 0 aromatic carbocycles. The molecule has 0 aromatic rings. The van der Waals surface area contributed by atoms with Gasteiger partial charge in [-0.2, -0.15) is 0 Å². The van der Waals surface area contributed by atoms with Crippen molar-refractivity contribution in [2.75, 3.05) is 6.61 Å². The molecule has 0 saturated heterocycles. The monoisotopic (exact) mass is 218 g/mol. The van der Waals surface area contributed by atoms with Crippen molar-refractivity contribution < 1.29 is 24.5 Å². The lowest BCUT2D eigenvalue weighted by Gasteiger charge is -2.01. The molecule has 0 unspecified atom stereocenters. The van der Waals surface area contributed by atoms with Gasteiger partial charge in [0, 0.05) is 6.42 Å². The number of carbonyl (C=O) groups is 2. The molecule has 5 heteroatoms. The summed E-state index contributed by atoms with van der Waals surface area (Å²) in [6.07, 6.45) is 4.33. The van der Waals surface area contributed by atoms with Gasteiger partial charge in [-0.3, -0.25) is 4.79 Å². The summed E-state index contributed by atoms with van der Waals surface area (Å²) < 4.78 is 4.34. The van der Waals surface area contributed by atoms with Crippen molar-refractivity contribution in [2.45, 2.75) is 44.9 Å². The fraction of sp³-hybridized carbons (Fsp3) is 0.800. The van der Waals surface area contributed by atoms with Crippen molar-refractivity contribution in [2.24, 2.45) is 0 Å². The summed E-state index contributed by atoms with van der Waals surface area (Å²) in [4.78, 5) is 20.1. The zero-order valence-electron chi connectivity index (χ0n) is 8.78. The van der Waals surface area contributed by atoms with E-state index in [1.807, 2.05) is 0 Å². The average Bonchev–Trinajstić information content (AvgIpc) is 2.14. The number of unbranched alkanes of at least 4 members (excludes halogenated alkanes) is 5. The van der Waals surface area contributed by atoms with E-state index in [0.717, 1.165) is 38.5 Å². The van der Waals surface area contributed by atoms with Gasteiger partial charge in [-0.05, 0) is 12.8 Å². The minimum absolute atomic E-state index is 0.238. The summed E-state index contributed by atoms with van der Waals surface area (Å²) in [5, 5.41) is 16.5. The molecule has 0 aliphatic heterocycles. The predicted octanol–water partition coefficient (Wildman–Crippen LogP) is 2.50. The van der Waals surface area contributed by atoms with Crippen LogP contribution in [-0.4, -0.2) is 28.9 Å². The van der Waals surface area contributed by atoms with E-state index in [1.54, 1.807) is 0 Å². The van der Waals surface area contributed by atoms with Gasteiger partial charge in [0.25, 0.3) is 0 Å². The van der Waals surface area contributed by atoms with Gasteiger partial charge < -0.3 is 14.9 Å².